The Kier molecular flexibility index (Phi) is 5.04. The van der Waals surface area contributed by atoms with Gasteiger partial charge in [-0.15, -0.1) is 0 Å². The molecule has 0 atom stereocenters. The molecule has 98 valence electrons. The van der Waals surface area contributed by atoms with Crippen molar-refractivity contribution in [1.82, 2.24) is 4.98 Å². The van der Waals surface area contributed by atoms with Gasteiger partial charge in [-0.2, -0.15) is 0 Å². The van der Waals surface area contributed by atoms with Crippen molar-refractivity contribution in [1.29, 1.82) is 0 Å². The molecule has 0 fully saturated rings. The molecule has 1 heterocycles. The predicted molar refractivity (Wildman–Crippen MR) is 71.3 cm³/mol. The molecule has 0 aromatic carbocycles. The Balaban J connectivity index is 3.29. The standard InChI is InChI=1S/C14H19FN2O/c1-9(2)4-5-11(10(3)18)12-6-7-17-13(8-16)14(12)15/h4-7,9,18H,8,16H2,1-3H3/b5-4-,11-10-. The van der Waals surface area contributed by atoms with Crippen LogP contribution in [0.1, 0.15) is 32.0 Å². The number of aliphatic hydroxyl groups excluding tert-OH is 1. The van der Waals surface area contributed by atoms with Crippen molar-refractivity contribution in [3.63, 3.8) is 0 Å². The Labute approximate surface area is 107 Å². The average molecular weight is 250 g/mol. The lowest BCUT2D eigenvalue weighted by molar-refractivity contribution is 0.417. The van der Waals surface area contributed by atoms with E-state index in [0.29, 0.717) is 17.1 Å². The molecule has 0 aliphatic carbocycles. The third kappa shape index (κ3) is 3.40. The first-order valence-corrected chi connectivity index (χ1v) is 5.89. The molecule has 0 unspecified atom stereocenters. The van der Waals surface area contributed by atoms with E-state index < -0.39 is 5.82 Å². The van der Waals surface area contributed by atoms with Crippen LogP contribution in [0.5, 0.6) is 0 Å². The Bertz CT molecular complexity index is 475. The zero-order valence-corrected chi connectivity index (χ0v) is 10.9. The van der Waals surface area contributed by atoms with Crippen LogP contribution < -0.4 is 5.73 Å². The molecular weight excluding hydrogens is 231 g/mol. The van der Waals surface area contributed by atoms with Crippen molar-refractivity contribution in [2.45, 2.75) is 27.3 Å². The van der Waals surface area contributed by atoms with Crippen molar-refractivity contribution < 1.29 is 9.50 Å². The molecule has 0 spiro atoms. The molecule has 0 aliphatic rings. The zero-order chi connectivity index (χ0) is 13.7. The van der Waals surface area contributed by atoms with E-state index in [9.17, 15) is 9.50 Å². The minimum atomic E-state index is -0.475. The molecule has 3 nitrogen and oxygen atoms in total. The molecule has 0 bridgehead atoms. The number of aromatic nitrogens is 1. The number of rotatable bonds is 4. The van der Waals surface area contributed by atoms with Crippen LogP contribution in [0.25, 0.3) is 5.57 Å². The summed E-state index contributed by atoms with van der Waals surface area (Å²) in [7, 11) is 0. The van der Waals surface area contributed by atoms with Crippen LogP contribution in [-0.2, 0) is 6.54 Å². The summed E-state index contributed by atoms with van der Waals surface area (Å²) in [6.45, 7) is 5.58. The monoisotopic (exact) mass is 250 g/mol. The van der Waals surface area contributed by atoms with E-state index in [-0.39, 0.29) is 18.0 Å². The summed E-state index contributed by atoms with van der Waals surface area (Å²) in [5.74, 6) is -0.0880. The first-order chi connectivity index (χ1) is 8.47. The van der Waals surface area contributed by atoms with E-state index in [2.05, 4.69) is 4.98 Å². The number of aliphatic hydroxyl groups is 1. The lowest BCUT2D eigenvalue weighted by atomic mass is 10.0. The van der Waals surface area contributed by atoms with E-state index in [4.69, 9.17) is 5.73 Å². The lowest BCUT2D eigenvalue weighted by Crippen LogP contribution is -2.05. The molecule has 1 aromatic rings. The second-order valence-corrected chi connectivity index (χ2v) is 4.43. The maximum atomic E-state index is 14.1. The molecule has 0 aliphatic heterocycles. The Hall–Kier alpha value is -1.68. The number of halogens is 1. The SMILES string of the molecule is C/C(O)=C(\C=C/C(C)C)c1ccnc(CN)c1F. The summed E-state index contributed by atoms with van der Waals surface area (Å²) < 4.78 is 14.1. The number of allylic oxidation sites excluding steroid dienone is 4. The van der Waals surface area contributed by atoms with Crippen LogP contribution in [0.3, 0.4) is 0 Å². The number of pyridine rings is 1. The third-order valence-electron chi connectivity index (χ3n) is 2.48. The summed E-state index contributed by atoms with van der Waals surface area (Å²) >= 11 is 0. The van der Waals surface area contributed by atoms with Gasteiger partial charge in [-0.1, -0.05) is 26.0 Å². The zero-order valence-electron chi connectivity index (χ0n) is 10.9. The van der Waals surface area contributed by atoms with Gasteiger partial charge in [0.15, 0.2) is 5.82 Å². The molecule has 0 saturated heterocycles. The van der Waals surface area contributed by atoms with Crippen LogP contribution in [0.2, 0.25) is 0 Å². The minimum Gasteiger partial charge on any atom is -0.512 e. The lowest BCUT2D eigenvalue weighted by Gasteiger charge is -2.09. The molecule has 3 N–H and O–H groups in total. The van der Waals surface area contributed by atoms with Crippen LogP contribution in [-0.4, -0.2) is 10.1 Å². The molecule has 0 saturated carbocycles. The molecule has 0 amide bonds. The quantitative estimate of drug-likeness (QED) is 0.637. The van der Waals surface area contributed by atoms with Crippen LogP contribution in [0.15, 0.2) is 30.2 Å². The van der Waals surface area contributed by atoms with Gasteiger partial charge < -0.3 is 10.8 Å². The van der Waals surface area contributed by atoms with Crippen molar-refractivity contribution in [2.24, 2.45) is 11.7 Å². The normalized spacial score (nSPS) is 13.2. The summed E-state index contributed by atoms with van der Waals surface area (Å²) in [5, 5.41) is 9.68. The van der Waals surface area contributed by atoms with E-state index in [1.54, 1.807) is 6.08 Å². The van der Waals surface area contributed by atoms with Gasteiger partial charge in [0.25, 0.3) is 0 Å². The predicted octanol–water partition coefficient (Wildman–Crippen LogP) is 3.18. The van der Waals surface area contributed by atoms with Crippen molar-refractivity contribution in [2.75, 3.05) is 0 Å². The smallest absolute Gasteiger partial charge is 0.153 e. The fraction of sp³-hybridized carbons (Fsp3) is 0.357. The second kappa shape index (κ2) is 6.31. The van der Waals surface area contributed by atoms with Crippen LogP contribution in [0.4, 0.5) is 4.39 Å². The summed E-state index contributed by atoms with van der Waals surface area (Å²) in [4.78, 5) is 3.87. The fourth-order valence-corrected chi connectivity index (χ4v) is 1.53. The fourth-order valence-electron chi connectivity index (χ4n) is 1.53. The van der Waals surface area contributed by atoms with E-state index in [1.807, 2.05) is 19.9 Å². The third-order valence-corrected chi connectivity index (χ3v) is 2.48. The van der Waals surface area contributed by atoms with E-state index in [1.165, 1.54) is 19.2 Å². The summed E-state index contributed by atoms with van der Waals surface area (Å²) in [6.07, 6.45) is 5.11. The van der Waals surface area contributed by atoms with Crippen LogP contribution in [0, 0.1) is 11.7 Å². The number of nitrogens with two attached hydrogens (primary N) is 1. The van der Waals surface area contributed by atoms with Crippen LogP contribution >= 0.6 is 0 Å². The molecule has 1 rings (SSSR count). The largest absolute Gasteiger partial charge is 0.512 e. The topological polar surface area (TPSA) is 59.1 Å². The highest BCUT2D eigenvalue weighted by molar-refractivity contribution is 5.75. The maximum Gasteiger partial charge on any atom is 0.153 e. The first kappa shape index (κ1) is 14.4. The summed E-state index contributed by atoms with van der Waals surface area (Å²) in [6, 6.07) is 1.54. The Morgan fingerprint density at radius 2 is 2.22 bits per heavy atom. The van der Waals surface area contributed by atoms with E-state index in [0.717, 1.165) is 0 Å². The highest BCUT2D eigenvalue weighted by Crippen LogP contribution is 2.23. The van der Waals surface area contributed by atoms with Gasteiger partial charge in [0, 0.05) is 23.9 Å². The van der Waals surface area contributed by atoms with Gasteiger partial charge in [0.1, 0.15) is 0 Å². The minimum absolute atomic E-state index is 0.0331. The highest BCUT2D eigenvalue weighted by atomic mass is 19.1. The first-order valence-electron chi connectivity index (χ1n) is 5.89. The number of hydrogen-bond donors (Lipinski definition) is 2. The Morgan fingerprint density at radius 1 is 1.56 bits per heavy atom. The highest BCUT2D eigenvalue weighted by Gasteiger charge is 2.12. The van der Waals surface area contributed by atoms with Gasteiger partial charge in [-0.25, -0.2) is 4.39 Å². The van der Waals surface area contributed by atoms with Crippen molar-refractivity contribution >= 4 is 5.57 Å². The van der Waals surface area contributed by atoms with Gasteiger partial charge >= 0.3 is 0 Å². The Morgan fingerprint density at radius 3 is 2.72 bits per heavy atom. The second-order valence-electron chi connectivity index (χ2n) is 4.43. The maximum absolute atomic E-state index is 14.1. The number of hydrogen-bond acceptors (Lipinski definition) is 3. The molecular formula is C14H19FN2O. The van der Waals surface area contributed by atoms with Gasteiger partial charge in [0.2, 0.25) is 0 Å². The number of nitrogens with zero attached hydrogens (tertiary/aromatic N) is 1. The molecule has 18 heavy (non-hydrogen) atoms. The van der Waals surface area contributed by atoms with Gasteiger partial charge in [-0.05, 0) is 18.9 Å². The average Bonchev–Trinajstić information content (AvgIpc) is 2.30. The summed E-state index contributed by atoms with van der Waals surface area (Å²) in [5.41, 5.74) is 6.40. The molecule has 4 heteroatoms. The molecule has 0 radical (unpaired) electrons. The van der Waals surface area contributed by atoms with Crippen molar-refractivity contribution in [3.05, 3.63) is 47.2 Å². The van der Waals surface area contributed by atoms with E-state index >= 15 is 0 Å². The van der Waals surface area contributed by atoms with Gasteiger partial charge in [0.05, 0.1) is 11.5 Å². The molecule has 1 aromatic heterocycles. The van der Waals surface area contributed by atoms with Crippen molar-refractivity contribution in [3.8, 4) is 0 Å². The van der Waals surface area contributed by atoms with Gasteiger partial charge in [-0.3, -0.25) is 4.98 Å².